The third-order valence-electron chi connectivity index (χ3n) is 4.35. The number of amides is 2. The van der Waals surface area contributed by atoms with Crippen molar-refractivity contribution < 1.29 is 35.9 Å². The van der Waals surface area contributed by atoms with Crippen LogP contribution in [0.25, 0.3) is 0 Å². The highest BCUT2D eigenvalue weighted by Crippen LogP contribution is 2.21. The summed E-state index contributed by atoms with van der Waals surface area (Å²) in [4.78, 5) is 26.0. The van der Waals surface area contributed by atoms with Crippen molar-refractivity contribution in [2.45, 2.75) is 44.6 Å². The number of halogens is 3. The number of benzene rings is 1. The molecule has 1 aliphatic heterocycles. The van der Waals surface area contributed by atoms with Gasteiger partial charge in [0.2, 0.25) is 15.9 Å². The van der Waals surface area contributed by atoms with Crippen molar-refractivity contribution in [3.05, 3.63) is 35.1 Å². The van der Waals surface area contributed by atoms with Crippen LogP contribution in [0, 0.1) is 23.4 Å². The molecule has 1 heterocycles. The minimum absolute atomic E-state index is 0.184. The van der Waals surface area contributed by atoms with E-state index in [1.165, 1.54) is 4.90 Å². The van der Waals surface area contributed by atoms with Crippen LogP contribution in [-0.2, 0) is 25.3 Å². The average molecular weight is 451 g/mol. The summed E-state index contributed by atoms with van der Waals surface area (Å²) >= 11 is 0. The van der Waals surface area contributed by atoms with E-state index in [1.807, 2.05) is 0 Å². The summed E-state index contributed by atoms with van der Waals surface area (Å²) in [6, 6.07) is -0.0602. The van der Waals surface area contributed by atoms with E-state index in [4.69, 9.17) is 10.5 Å². The second-order valence-corrected chi connectivity index (χ2v) is 9.78. The molecule has 1 aromatic rings. The lowest BCUT2D eigenvalue weighted by Crippen LogP contribution is -2.55. The van der Waals surface area contributed by atoms with Crippen molar-refractivity contribution in [1.29, 1.82) is 0 Å². The molecule has 0 aliphatic carbocycles. The molecule has 0 saturated carbocycles. The van der Waals surface area contributed by atoms with Gasteiger partial charge in [0.05, 0.1) is 5.92 Å². The van der Waals surface area contributed by atoms with E-state index in [0.29, 0.717) is 12.1 Å². The van der Waals surface area contributed by atoms with Gasteiger partial charge in [0.25, 0.3) is 0 Å². The summed E-state index contributed by atoms with van der Waals surface area (Å²) in [5.74, 6) is -7.30. The fourth-order valence-corrected chi connectivity index (χ4v) is 4.09. The van der Waals surface area contributed by atoms with Gasteiger partial charge in [-0.1, -0.05) is 0 Å². The number of likely N-dealkylation sites (tertiary alicyclic amines) is 1. The van der Waals surface area contributed by atoms with Crippen LogP contribution < -0.4 is 10.5 Å². The predicted octanol–water partition coefficient (Wildman–Crippen LogP) is 1.63. The molecule has 0 bridgehead atoms. The lowest BCUT2D eigenvalue weighted by Gasteiger charge is -2.36. The summed E-state index contributed by atoms with van der Waals surface area (Å²) in [5, 5.41) is 0. The Morgan fingerprint density at radius 2 is 1.80 bits per heavy atom. The molecule has 2 amide bonds. The van der Waals surface area contributed by atoms with Crippen LogP contribution in [0.2, 0.25) is 0 Å². The molecule has 12 heteroatoms. The van der Waals surface area contributed by atoms with E-state index in [9.17, 15) is 31.2 Å². The zero-order valence-corrected chi connectivity index (χ0v) is 17.6. The molecule has 8 nitrogen and oxygen atoms in total. The fourth-order valence-electron chi connectivity index (χ4n) is 2.90. The Labute approximate surface area is 172 Å². The molecular weight excluding hydrogens is 427 g/mol. The molecule has 1 fully saturated rings. The fraction of sp³-hybridized carbons (Fsp3) is 0.556. The van der Waals surface area contributed by atoms with E-state index in [-0.39, 0.29) is 19.5 Å². The standard InChI is InChI=1S/C18H24F3N3O5S/c1-18(2,3)29-17(26)24-5-4-15(22)11(8-24)16(25)23-30(27,28)9-12-13(20)6-10(19)7-14(12)21/h6-7,11,15H,4-5,8-9,22H2,1-3H3,(H,23,25). The Balaban J connectivity index is 2.10. The minimum atomic E-state index is -4.52. The second kappa shape index (κ2) is 8.80. The number of ether oxygens (including phenoxy) is 1. The maximum absolute atomic E-state index is 13.7. The number of hydrogen-bond acceptors (Lipinski definition) is 6. The van der Waals surface area contributed by atoms with Gasteiger partial charge < -0.3 is 15.4 Å². The first-order chi connectivity index (χ1) is 13.7. The van der Waals surface area contributed by atoms with Crippen molar-refractivity contribution in [1.82, 2.24) is 9.62 Å². The topological polar surface area (TPSA) is 119 Å². The molecule has 2 unspecified atom stereocenters. The van der Waals surface area contributed by atoms with Gasteiger partial charge >= 0.3 is 6.09 Å². The van der Waals surface area contributed by atoms with Crippen molar-refractivity contribution >= 4 is 22.0 Å². The maximum Gasteiger partial charge on any atom is 0.410 e. The molecule has 0 aromatic heterocycles. The number of carbonyl (C=O) groups is 2. The van der Waals surface area contributed by atoms with Crippen molar-refractivity contribution in [2.24, 2.45) is 11.7 Å². The molecule has 1 saturated heterocycles. The van der Waals surface area contributed by atoms with E-state index >= 15 is 0 Å². The Morgan fingerprint density at radius 1 is 1.23 bits per heavy atom. The van der Waals surface area contributed by atoms with Gasteiger partial charge in [-0.25, -0.2) is 26.4 Å². The van der Waals surface area contributed by atoms with Crippen LogP contribution in [0.15, 0.2) is 12.1 Å². The zero-order chi connectivity index (χ0) is 22.9. The molecular formula is C18H24F3N3O5S. The van der Waals surface area contributed by atoms with Crippen molar-refractivity contribution in [3.8, 4) is 0 Å². The van der Waals surface area contributed by atoms with Crippen LogP contribution >= 0.6 is 0 Å². The molecule has 3 N–H and O–H groups in total. The Morgan fingerprint density at radius 3 is 2.33 bits per heavy atom. The second-order valence-electron chi connectivity index (χ2n) is 8.06. The SMILES string of the molecule is CC(C)(C)OC(=O)N1CCC(N)C(C(=O)NS(=O)(=O)Cc2c(F)cc(F)cc2F)C1. The molecule has 1 aliphatic rings. The normalized spacial score (nSPS) is 20.0. The van der Waals surface area contributed by atoms with Gasteiger partial charge in [0, 0.05) is 36.8 Å². The number of piperidine rings is 1. The largest absolute Gasteiger partial charge is 0.444 e. The summed E-state index contributed by atoms with van der Waals surface area (Å²) in [6.45, 7) is 5.05. The van der Waals surface area contributed by atoms with Gasteiger partial charge in [-0.05, 0) is 27.2 Å². The van der Waals surface area contributed by atoms with Gasteiger partial charge in [0.15, 0.2) is 0 Å². The molecule has 30 heavy (non-hydrogen) atoms. The lowest BCUT2D eigenvalue weighted by atomic mass is 9.92. The zero-order valence-electron chi connectivity index (χ0n) is 16.7. The summed E-state index contributed by atoms with van der Waals surface area (Å²) in [6.07, 6.45) is -0.455. The molecule has 1 aromatic carbocycles. The molecule has 0 spiro atoms. The monoisotopic (exact) mass is 451 g/mol. The van der Waals surface area contributed by atoms with Crippen molar-refractivity contribution in [3.63, 3.8) is 0 Å². The molecule has 2 atom stereocenters. The van der Waals surface area contributed by atoms with E-state index in [2.05, 4.69) is 0 Å². The van der Waals surface area contributed by atoms with E-state index in [0.717, 1.165) is 0 Å². The number of nitrogens with two attached hydrogens (primary N) is 1. The number of rotatable bonds is 4. The number of nitrogens with zero attached hydrogens (tertiary/aromatic N) is 1. The first-order valence-electron chi connectivity index (χ1n) is 9.10. The molecule has 0 radical (unpaired) electrons. The third kappa shape index (κ3) is 6.33. The van der Waals surface area contributed by atoms with Crippen LogP contribution in [-0.4, -0.2) is 50.1 Å². The average Bonchev–Trinajstić information content (AvgIpc) is 2.56. The Bertz CT molecular complexity index is 910. The highest BCUT2D eigenvalue weighted by molar-refractivity contribution is 7.89. The van der Waals surface area contributed by atoms with Gasteiger partial charge in [-0.3, -0.25) is 9.52 Å². The third-order valence-corrected chi connectivity index (χ3v) is 5.53. The van der Waals surface area contributed by atoms with Gasteiger partial charge in [-0.15, -0.1) is 0 Å². The number of nitrogens with one attached hydrogen (secondary N) is 1. The predicted molar refractivity (Wildman–Crippen MR) is 101 cm³/mol. The molecule has 2 rings (SSSR count). The van der Waals surface area contributed by atoms with Crippen molar-refractivity contribution in [2.75, 3.05) is 13.1 Å². The highest BCUT2D eigenvalue weighted by Gasteiger charge is 2.37. The Kier molecular flexibility index (Phi) is 7.02. The smallest absolute Gasteiger partial charge is 0.410 e. The van der Waals surface area contributed by atoms with Crippen LogP contribution in [0.4, 0.5) is 18.0 Å². The number of carbonyl (C=O) groups excluding carboxylic acids is 2. The van der Waals surface area contributed by atoms with Gasteiger partial charge in [-0.2, -0.15) is 0 Å². The van der Waals surface area contributed by atoms with Crippen LogP contribution in [0.5, 0.6) is 0 Å². The first kappa shape index (κ1) is 23.9. The van der Waals surface area contributed by atoms with Crippen LogP contribution in [0.3, 0.4) is 0 Å². The first-order valence-corrected chi connectivity index (χ1v) is 10.7. The maximum atomic E-state index is 13.7. The summed E-state index contributed by atoms with van der Waals surface area (Å²) < 4.78 is 71.9. The Hall–Kier alpha value is -2.34. The highest BCUT2D eigenvalue weighted by atomic mass is 32.2. The van der Waals surface area contributed by atoms with E-state index in [1.54, 1.807) is 25.5 Å². The summed E-state index contributed by atoms with van der Waals surface area (Å²) in [7, 11) is -4.52. The van der Waals surface area contributed by atoms with E-state index < -0.39 is 68.4 Å². The molecule has 168 valence electrons. The number of sulfonamides is 1. The quantitative estimate of drug-likeness (QED) is 0.718. The summed E-state index contributed by atoms with van der Waals surface area (Å²) in [5.41, 5.74) is 4.24. The van der Waals surface area contributed by atoms with Crippen LogP contribution in [0.1, 0.15) is 32.8 Å². The number of hydrogen-bond donors (Lipinski definition) is 2. The minimum Gasteiger partial charge on any atom is -0.444 e. The van der Waals surface area contributed by atoms with Gasteiger partial charge in [0.1, 0.15) is 28.8 Å². The lowest BCUT2D eigenvalue weighted by molar-refractivity contribution is -0.125.